The van der Waals surface area contributed by atoms with Crippen LogP contribution in [0.2, 0.25) is 5.04 Å². The molecule has 0 bridgehead atoms. The molecular weight excluding hydrogens is 296 g/mol. The van der Waals surface area contributed by atoms with Crippen LogP contribution in [0, 0.1) is 5.92 Å². The quantitative estimate of drug-likeness (QED) is 0.692. The third kappa shape index (κ3) is 6.45. The molecule has 0 aliphatic rings. The van der Waals surface area contributed by atoms with E-state index in [-0.39, 0.29) is 11.5 Å². The highest BCUT2D eigenvalue weighted by molar-refractivity contribution is 7.10. The Bertz CT molecular complexity index is 469. The number of Topliss-reactive ketones (excluding diaryl/α,β-unsaturated/α-hetero) is 1. The van der Waals surface area contributed by atoms with Gasteiger partial charge in [0.1, 0.15) is 5.78 Å². The van der Waals surface area contributed by atoms with Crippen LogP contribution in [0.25, 0.3) is 0 Å². The van der Waals surface area contributed by atoms with E-state index in [1.165, 1.54) is 10.4 Å². The summed E-state index contributed by atoms with van der Waals surface area (Å²) in [5.74, 6) is 0.485. The highest BCUT2D eigenvalue weighted by Gasteiger charge is 2.26. The maximum Gasteiger partial charge on any atom is 0.168 e. The average molecular weight is 327 g/mol. The first kappa shape index (κ1) is 18.6. The second-order valence-corrected chi connectivity index (χ2v) is 11.4. The van der Waals surface area contributed by atoms with Gasteiger partial charge in [-0.1, -0.05) is 34.6 Å². The second kappa shape index (κ2) is 7.21. The van der Waals surface area contributed by atoms with Gasteiger partial charge in [0, 0.05) is 17.2 Å². The van der Waals surface area contributed by atoms with Crippen molar-refractivity contribution in [3.63, 3.8) is 0 Å². The Morgan fingerprint density at radius 1 is 1.29 bits per heavy atom. The summed E-state index contributed by atoms with van der Waals surface area (Å²) in [5, 5.41) is 2.48. The molecule has 0 aliphatic heterocycles. The van der Waals surface area contributed by atoms with Gasteiger partial charge in [0.2, 0.25) is 0 Å². The number of thiophene rings is 1. The van der Waals surface area contributed by atoms with Crippen molar-refractivity contribution < 1.29 is 9.22 Å². The zero-order valence-electron chi connectivity index (χ0n) is 14.6. The lowest BCUT2D eigenvalue weighted by molar-refractivity contribution is -0.121. The van der Waals surface area contributed by atoms with Crippen LogP contribution in [0.3, 0.4) is 0 Å². The monoisotopic (exact) mass is 326 g/mol. The van der Waals surface area contributed by atoms with Gasteiger partial charge in [-0.25, -0.2) is 0 Å². The summed E-state index contributed by atoms with van der Waals surface area (Å²) in [6.45, 7) is 15.0. The first-order valence-electron chi connectivity index (χ1n) is 7.76. The third-order valence-electron chi connectivity index (χ3n) is 3.42. The van der Waals surface area contributed by atoms with E-state index < -0.39 is 9.76 Å². The number of carbonyl (C=O) groups is 1. The number of hydrogen-bond donors (Lipinski definition) is 0. The topological polar surface area (TPSA) is 26.3 Å². The number of aryl methyl sites for hydroxylation is 1. The molecule has 1 aromatic rings. The molecule has 4 heteroatoms. The van der Waals surface area contributed by atoms with E-state index in [1.807, 2.05) is 13.8 Å². The van der Waals surface area contributed by atoms with Crippen molar-refractivity contribution in [3.05, 3.63) is 21.9 Å². The molecule has 0 atom stereocenters. The summed E-state index contributed by atoms with van der Waals surface area (Å²) < 4.78 is 6.24. The molecule has 1 heterocycles. The molecule has 1 rings (SSSR count). The molecule has 0 amide bonds. The molecule has 0 unspecified atom stereocenters. The zero-order valence-corrected chi connectivity index (χ0v) is 16.8. The van der Waals surface area contributed by atoms with Crippen molar-refractivity contribution in [2.75, 3.05) is 0 Å². The van der Waals surface area contributed by atoms with Crippen LogP contribution in [0.4, 0.5) is 0 Å². The zero-order chi connectivity index (χ0) is 16.3. The molecule has 0 saturated carbocycles. The Kier molecular flexibility index (Phi) is 6.38. The first-order chi connectivity index (χ1) is 9.51. The van der Waals surface area contributed by atoms with Gasteiger partial charge >= 0.3 is 0 Å². The Morgan fingerprint density at radius 2 is 1.90 bits per heavy atom. The van der Waals surface area contributed by atoms with Gasteiger partial charge in [0.05, 0.1) is 5.60 Å². The standard InChI is InChI=1S/C17H30O2SSi/c1-12(2)14(18)9-8-13-10-15(20-11-13)17(6,7)19-21-16(3,4)5/h10-12H,8-9,21H2,1-7H3. The van der Waals surface area contributed by atoms with E-state index in [9.17, 15) is 4.79 Å². The fraction of sp³-hybridized carbons (Fsp3) is 0.706. The summed E-state index contributed by atoms with van der Waals surface area (Å²) in [6, 6.07) is 2.22. The fourth-order valence-corrected chi connectivity index (χ4v) is 3.93. The van der Waals surface area contributed by atoms with Gasteiger partial charge in [0.25, 0.3) is 0 Å². The minimum absolute atomic E-state index is 0.140. The predicted molar refractivity (Wildman–Crippen MR) is 94.9 cm³/mol. The van der Waals surface area contributed by atoms with Crippen molar-refractivity contribution in [3.8, 4) is 0 Å². The molecule has 2 nitrogen and oxygen atoms in total. The van der Waals surface area contributed by atoms with Gasteiger partial charge in [-0.3, -0.25) is 4.79 Å². The third-order valence-corrected chi connectivity index (χ3v) is 6.43. The molecular formula is C17H30O2SSi. The molecule has 0 radical (unpaired) electrons. The Hall–Kier alpha value is -0.453. The minimum Gasteiger partial charge on any atom is -0.414 e. The molecule has 21 heavy (non-hydrogen) atoms. The predicted octanol–water partition coefficient (Wildman–Crippen LogP) is 4.46. The van der Waals surface area contributed by atoms with Crippen LogP contribution in [0.15, 0.2) is 11.4 Å². The van der Waals surface area contributed by atoms with Gasteiger partial charge in [-0.15, -0.1) is 11.3 Å². The van der Waals surface area contributed by atoms with E-state index in [4.69, 9.17) is 4.43 Å². The fourth-order valence-electron chi connectivity index (χ4n) is 1.85. The van der Waals surface area contributed by atoms with Crippen molar-refractivity contribution in [2.45, 2.75) is 71.9 Å². The Morgan fingerprint density at radius 3 is 2.43 bits per heavy atom. The SMILES string of the molecule is CC(C)C(=O)CCc1csc(C(C)(C)O[SiH2]C(C)(C)C)c1. The summed E-state index contributed by atoms with van der Waals surface area (Å²) >= 11 is 1.75. The largest absolute Gasteiger partial charge is 0.414 e. The summed E-state index contributed by atoms with van der Waals surface area (Å²) in [7, 11) is -0.572. The lowest BCUT2D eigenvalue weighted by Crippen LogP contribution is -2.26. The molecule has 0 aromatic carbocycles. The smallest absolute Gasteiger partial charge is 0.168 e. The number of carbonyl (C=O) groups excluding carboxylic acids is 1. The van der Waals surface area contributed by atoms with Crippen LogP contribution >= 0.6 is 11.3 Å². The highest BCUT2D eigenvalue weighted by Crippen LogP contribution is 2.33. The highest BCUT2D eigenvalue weighted by atomic mass is 32.1. The number of rotatable bonds is 7. The van der Waals surface area contributed by atoms with Gasteiger partial charge in [0.15, 0.2) is 9.76 Å². The van der Waals surface area contributed by atoms with Crippen LogP contribution in [0.1, 0.15) is 65.3 Å². The normalized spacial score (nSPS) is 13.5. The van der Waals surface area contributed by atoms with E-state index in [2.05, 4.69) is 46.1 Å². The van der Waals surface area contributed by atoms with E-state index in [0.29, 0.717) is 17.2 Å². The average Bonchev–Trinajstić information content (AvgIpc) is 2.82. The Balaban J connectivity index is 2.63. The number of hydrogen-bond acceptors (Lipinski definition) is 3. The molecule has 0 spiro atoms. The number of ketones is 1. The summed E-state index contributed by atoms with van der Waals surface area (Å²) in [6.07, 6.45) is 1.49. The minimum atomic E-state index is -0.572. The van der Waals surface area contributed by atoms with E-state index in [1.54, 1.807) is 11.3 Å². The van der Waals surface area contributed by atoms with Gasteiger partial charge < -0.3 is 4.43 Å². The molecule has 0 fully saturated rings. The molecule has 1 aromatic heterocycles. The van der Waals surface area contributed by atoms with Crippen molar-refractivity contribution >= 4 is 26.9 Å². The van der Waals surface area contributed by atoms with Crippen molar-refractivity contribution in [1.29, 1.82) is 0 Å². The van der Waals surface area contributed by atoms with Crippen molar-refractivity contribution in [1.82, 2.24) is 0 Å². The molecule has 0 N–H and O–H groups in total. The maximum absolute atomic E-state index is 11.7. The van der Waals surface area contributed by atoms with Crippen molar-refractivity contribution in [2.24, 2.45) is 5.92 Å². The van der Waals surface area contributed by atoms with Crippen LogP contribution < -0.4 is 0 Å². The molecule has 0 saturated heterocycles. The van der Waals surface area contributed by atoms with Gasteiger partial charge in [-0.2, -0.15) is 0 Å². The van der Waals surface area contributed by atoms with Crippen LogP contribution in [-0.2, 0) is 21.2 Å². The van der Waals surface area contributed by atoms with E-state index in [0.717, 1.165) is 6.42 Å². The first-order valence-corrected chi connectivity index (χ1v) is 9.92. The lowest BCUT2D eigenvalue weighted by atomic mass is 10.0. The van der Waals surface area contributed by atoms with Crippen LogP contribution in [-0.4, -0.2) is 15.5 Å². The summed E-state index contributed by atoms with van der Waals surface area (Å²) in [5.41, 5.74) is 1.06. The molecule has 0 aliphatic carbocycles. The van der Waals surface area contributed by atoms with Gasteiger partial charge in [-0.05, 0) is 42.3 Å². The summed E-state index contributed by atoms with van der Waals surface area (Å²) in [4.78, 5) is 13.0. The molecule has 120 valence electrons. The van der Waals surface area contributed by atoms with E-state index >= 15 is 0 Å². The Labute approximate surface area is 136 Å². The lowest BCUT2D eigenvalue weighted by Gasteiger charge is -2.29. The van der Waals surface area contributed by atoms with Crippen LogP contribution in [0.5, 0.6) is 0 Å². The maximum atomic E-state index is 11.7. The second-order valence-electron chi connectivity index (χ2n) is 7.80.